The van der Waals surface area contributed by atoms with Gasteiger partial charge in [-0.15, -0.1) is 0 Å². The third kappa shape index (κ3) is 5.67. The molecule has 5 N–H and O–H groups in total. The topological polar surface area (TPSA) is 98.2 Å². The molecule has 1 rings (SSSR count). The minimum Gasteiger partial charge on any atom is -0.370 e. The molecule has 5 heteroatoms. The molecular formula is C16H21N3O2. The first-order valence-corrected chi connectivity index (χ1v) is 6.91. The fourth-order valence-corrected chi connectivity index (χ4v) is 1.88. The summed E-state index contributed by atoms with van der Waals surface area (Å²) >= 11 is 0. The van der Waals surface area contributed by atoms with Gasteiger partial charge in [-0.1, -0.05) is 17.9 Å². The Balaban J connectivity index is 2.60. The number of hydrogen-bond acceptors (Lipinski definition) is 3. The molecular weight excluding hydrogens is 266 g/mol. The van der Waals surface area contributed by atoms with Crippen LogP contribution in [0.1, 0.15) is 40.7 Å². The lowest BCUT2D eigenvalue weighted by atomic mass is 10.0. The molecule has 0 saturated heterocycles. The number of carbonyl (C=O) groups is 2. The van der Waals surface area contributed by atoms with E-state index in [2.05, 4.69) is 17.2 Å². The van der Waals surface area contributed by atoms with Gasteiger partial charge in [-0.25, -0.2) is 0 Å². The second-order valence-electron chi connectivity index (χ2n) is 4.66. The average Bonchev–Trinajstić information content (AvgIpc) is 2.45. The van der Waals surface area contributed by atoms with E-state index in [0.717, 1.165) is 17.5 Å². The average molecular weight is 287 g/mol. The molecule has 0 aliphatic rings. The lowest BCUT2D eigenvalue weighted by molar-refractivity contribution is -0.118. The summed E-state index contributed by atoms with van der Waals surface area (Å²) in [6.07, 6.45) is 1.75. The number of nitrogens with one attached hydrogen (secondary N) is 1. The minimum absolute atomic E-state index is 0.136. The standard InChI is InChI=1S/C16H21N3O2/c1-12-13(7-5-10-17)6-4-8-14(12)16(21)19-11-3-2-9-15(18)20/h4,6,8H,2-3,9-11,17H2,1H3,(H2,18,20)(H,19,21). The van der Waals surface area contributed by atoms with E-state index in [4.69, 9.17) is 11.5 Å². The van der Waals surface area contributed by atoms with Gasteiger partial charge >= 0.3 is 0 Å². The van der Waals surface area contributed by atoms with Gasteiger partial charge in [0.05, 0.1) is 6.54 Å². The number of rotatable bonds is 6. The lowest BCUT2D eigenvalue weighted by Crippen LogP contribution is -2.25. The van der Waals surface area contributed by atoms with Crippen molar-refractivity contribution in [2.75, 3.05) is 13.1 Å². The van der Waals surface area contributed by atoms with Crippen molar-refractivity contribution < 1.29 is 9.59 Å². The van der Waals surface area contributed by atoms with Crippen molar-refractivity contribution in [3.63, 3.8) is 0 Å². The smallest absolute Gasteiger partial charge is 0.251 e. The molecule has 0 heterocycles. The summed E-state index contributed by atoms with van der Waals surface area (Å²) in [7, 11) is 0. The van der Waals surface area contributed by atoms with E-state index in [9.17, 15) is 9.59 Å². The molecule has 0 spiro atoms. The van der Waals surface area contributed by atoms with Crippen LogP contribution in [0.15, 0.2) is 18.2 Å². The largest absolute Gasteiger partial charge is 0.370 e. The van der Waals surface area contributed by atoms with Crippen LogP contribution in [0.4, 0.5) is 0 Å². The highest BCUT2D eigenvalue weighted by atomic mass is 16.2. The van der Waals surface area contributed by atoms with Crippen molar-refractivity contribution in [2.45, 2.75) is 26.2 Å². The van der Waals surface area contributed by atoms with Gasteiger partial charge in [-0.2, -0.15) is 0 Å². The van der Waals surface area contributed by atoms with Crippen LogP contribution in [-0.4, -0.2) is 24.9 Å². The number of amides is 2. The molecule has 2 amide bonds. The van der Waals surface area contributed by atoms with Crippen molar-refractivity contribution in [3.05, 3.63) is 34.9 Å². The zero-order valence-electron chi connectivity index (χ0n) is 12.2. The van der Waals surface area contributed by atoms with Crippen LogP contribution in [0.25, 0.3) is 0 Å². The molecule has 112 valence electrons. The monoisotopic (exact) mass is 287 g/mol. The summed E-state index contributed by atoms with van der Waals surface area (Å²) in [6, 6.07) is 5.43. The van der Waals surface area contributed by atoms with Crippen molar-refractivity contribution in [1.29, 1.82) is 0 Å². The molecule has 0 aromatic heterocycles. The summed E-state index contributed by atoms with van der Waals surface area (Å²) in [5.41, 5.74) is 12.7. The van der Waals surface area contributed by atoms with Gasteiger partial charge in [-0.3, -0.25) is 9.59 Å². The number of primary amides is 1. The first-order valence-electron chi connectivity index (χ1n) is 6.91. The van der Waals surface area contributed by atoms with E-state index in [1.54, 1.807) is 12.1 Å². The first-order chi connectivity index (χ1) is 10.1. The number of carbonyl (C=O) groups excluding carboxylic acids is 2. The fraction of sp³-hybridized carbons (Fsp3) is 0.375. The molecule has 0 radical (unpaired) electrons. The van der Waals surface area contributed by atoms with Crippen molar-refractivity contribution >= 4 is 11.8 Å². The van der Waals surface area contributed by atoms with E-state index >= 15 is 0 Å². The van der Waals surface area contributed by atoms with Gasteiger partial charge in [0.2, 0.25) is 5.91 Å². The van der Waals surface area contributed by atoms with Crippen LogP contribution in [0.2, 0.25) is 0 Å². The van der Waals surface area contributed by atoms with Gasteiger partial charge < -0.3 is 16.8 Å². The van der Waals surface area contributed by atoms with Crippen LogP contribution in [0.5, 0.6) is 0 Å². The quantitative estimate of drug-likeness (QED) is 0.530. The van der Waals surface area contributed by atoms with Gasteiger partial charge in [0, 0.05) is 24.1 Å². The molecule has 0 aliphatic carbocycles. The van der Waals surface area contributed by atoms with Crippen LogP contribution >= 0.6 is 0 Å². The number of benzene rings is 1. The van der Waals surface area contributed by atoms with Gasteiger partial charge in [0.1, 0.15) is 0 Å². The Morgan fingerprint density at radius 3 is 2.71 bits per heavy atom. The Morgan fingerprint density at radius 2 is 2.05 bits per heavy atom. The highest BCUT2D eigenvalue weighted by Crippen LogP contribution is 2.12. The molecule has 0 saturated carbocycles. The van der Waals surface area contributed by atoms with Crippen molar-refractivity contribution in [2.24, 2.45) is 11.5 Å². The van der Waals surface area contributed by atoms with E-state index in [1.165, 1.54) is 0 Å². The first kappa shape index (κ1) is 16.7. The second kappa shape index (κ2) is 8.77. The van der Waals surface area contributed by atoms with Crippen LogP contribution in [0.3, 0.4) is 0 Å². The molecule has 0 atom stereocenters. The second-order valence-corrected chi connectivity index (χ2v) is 4.66. The van der Waals surface area contributed by atoms with Crippen LogP contribution in [0, 0.1) is 18.8 Å². The normalized spacial score (nSPS) is 9.62. The summed E-state index contributed by atoms with van der Waals surface area (Å²) in [5.74, 6) is 5.28. The molecule has 0 bridgehead atoms. The fourth-order valence-electron chi connectivity index (χ4n) is 1.88. The molecule has 1 aromatic carbocycles. The third-order valence-electron chi connectivity index (χ3n) is 3.04. The third-order valence-corrected chi connectivity index (χ3v) is 3.04. The van der Waals surface area contributed by atoms with E-state index < -0.39 is 0 Å². The Morgan fingerprint density at radius 1 is 1.29 bits per heavy atom. The summed E-state index contributed by atoms with van der Waals surface area (Å²) < 4.78 is 0. The Labute approximate surface area is 125 Å². The number of hydrogen-bond donors (Lipinski definition) is 3. The molecule has 0 fully saturated rings. The zero-order valence-corrected chi connectivity index (χ0v) is 12.2. The maximum atomic E-state index is 12.1. The molecule has 21 heavy (non-hydrogen) atoms. The van der Waals surface area contributed by atoms with Crippen LogP contribution in [-0.2, 0) is 4.79 Å². The number of unbranched alkanes of at least 4 members (excludes halogenated alkanes) is 1. The summed E-state index contributed by atoms with van der Waals surface area (Å²) in [4.78, 5) is 22.7. The predicted molar refractivity (Wildman–Crippen MR) is 82.5 cm³/mol. The number of nitrogens with two attached hydrogens (primary N) is 2. The Hall–Kier alpha value is -2.32. The predicted octanol–water partition coefficient (Wildman–Crippen LogP) is 0.691. The Kier molecular flexibility index (Phi) is 6.99. The summed E-state index contributed by atoms with van der Waals surface area (Å²) in [6.45, 7) is 2.67. The molecule has 0 aliphatic heterocycles. The SMILES string of the molecule is Cc1c(C#CCN)cccc1C(=O)NCCCCC(N)=O. The highest BCUT2D eigenvalue weighted by Gasteiger charge is 2.10. The Bertz CT molecular complexity index is 571. The minimum atomic E-state index is -0.316. The van der Waals surface area contributed by atoms with Crippen molar-refractivity contribution in [3.8, 4) is 11.8 Å². The van der Waals surface area contributed by atoms with Gasteiger partial charge in [0.25, 0.3) is 5.91 Å². The molecule has 0 unspecified atom stereocenters. The van der Waals surface area contributed by atoms with E-state index in [1.807, 2.05) is 13.0 Å². The summed E-state index contributed by atoms with van der Waals surface area (Å²) in [5, 5.41) is 2.83. The highest BCUT2D eigenvalue weighted by molar-refractivity contribution is 5.96. The van der Waals surface area contributed by atoms with Crippen LogP contribution < -0.4 is 16.8 Å². The van der Waals surface area contributed by atoms with Gasteiger partial charge in [-0.05, 0) is 37.5 Å². The zero-order chi connectivity index (χ0) is 15.7. The van der Waals surface area contributed by atoms with E-state index in [0.29, 0.717) is 24.9 Å². The van der Waals surface area contributed by atoms with Gasteiger partial charge in [0.15, 0.2) is 0 Å². The lowest BCUT2D eigenvalue weighted by Gasteiger charge is -2.08. The molecule has 1 aromatic rings. The maximum absolute atomic E-state index is 12.1. The van der Waals surface area contributed by atoms with E-state index in [-0.39, 0.29) is 18.4 Å². The maximum Gasteiger partial charge on any atom is 0.251 e. The van der Waals surface area contributed by atoms with Crippen molar-refractivity contribution in [1.82, 2.24) is 5.32 Å². The molecule has 5 nitrogen and oxygen atoms in total.